The van der Waals surface area contributed by atoms with Crippen LogP contribution in [0, 0.1) is 0 Å². The highest BCUT2D eigenvalue weighted by Gasteiger charge is 2.20. The van der Waals surface area contributed by atoms with Crippen molar-refractivity contribution in [3.63, 3.8) is 0 Å². The molecule has 1 aliphatic heterocycles. The van der Waals surface area contributed by atoms with Gasteiger partial charge in [-0.3, -0.25) is 14.7 Å². The number of ether oxygens (including phenoxy) is 1. The van der Waals surface area contributed by atoms with E-state index in [0.29, 0.717) is 0 Å². The van der Waals surface area contributed by atoms with Gasteiger partial charge in [-0.15, -0.1) is 0 Å². The summed E-state index contributed by atoms with van der Waals surface area (Å²) in [6.45, 7) is 4.25. The smallest absolute Gasteiger partial charge is 0.253 e. The third-order valence-corrected chi connectivity index (χ3v) is 7.33. The van der Waals surface area contributed by atoms with E-state index in [2.05, 4.69) is 44.9 Å². The van der Waals surface area contributed by atoms with E-state index in [0.717, 1.165) is 71.9 Å². The van der Waals surface area contributed by atoms with Gasteiger partial charge in [-0.2, -0.15) is 0 Å². The molecule has 36 heavy (non-hydrogen) atoms. The Bertz CT molecular complexity index is 1310. The van der Waals surface area contributed by atoms with Gasteiger partial charge < -0.3 is 14.4 Å². The molecule has 184 valence electrons. The van der Waals surface area contributed by atoms with E-state index in [9.17, 15) is 4.79 Å². The highest BCUT2D eigenvalue weighted by molar-refractivity contribution is 8.00. The molecule has 0 unspecified atom stereocenters. The Kier molecular flexibility index (Phi) is 7.69. The lowest BCUT2D eigenvalue weighted by molar-refractivity contribution is 0.0761. The number of pyridine rings is 1. The molecule has 0 saturated carbocycles. The van der Waals surface area contributed by atoms with Gasteiger partial charge in [-0.25, -0.2) is 0 Å². The summed E-state index contributed by atoms with van der Waals surface area (Å²) < 4.78 is 8.63. The molecule has 3 aromatic carbocycles. The van der Waals surface area contributed by atoms with E-state index in [1.807, 2.05) is 59.6 Å². The number of carbonyl (C=O) groups excluding carboxylic acids is 1. The molecule has 7 heteroatoms. The number of anilines is 1. The average Bonchev–Trinajstić information content (AvgIpc) is 3.18. The van der Waals surface area contributed by atoms with Crippen LogP contribution in [-0.2, 0) is 6.54 Å². The van der Waals surface area contributed by atoms with Crippen molar-refractivity contribution in [3.05, 3.63) is 96.2 Å². The van der Waals surface area contributed by atoms with Crippen molar-refractivity contribution >= 4 is 34.4 Å². The molecule has 2 heterocycles. The SMILES string of the molecule is COc1ccc(CN2CCCN(C(=O)c3ccc(NSc4cccc5cccnc45)cc3)CC2)cc1. The predicted octanol–water partition coefficient (Wildman–Crippen LogP) is 5.71. The van der Waals surface area contributed by atoms with Gasteiger partial charge in [0.05, 0.1) is 17.5 Å². The van der Waals surface area contributed by atoms with Gasteiger partial charge in [0.25, 0.3) is 5.91 Å². The van der Waals surface area contributed by atoms with Gasteiger partial charge in [0, 0.05) is 55.6 Å². The first kappa shape index (κ1) is 24.2. The van der Waals surface area contributed by atoms with Crippen LogP contribution in [-0.4, -0.2) is 54.0 Å². The van der Waals surface area contributed by atoms with E-state index in [-0.39, 0.29) is 5.91 Å². The number of hydrogen-bond donors (Lipinski definition) is 1. The van der Waals surface area contributed by atoms with Crippen LogP contribution in [0.1, 0.15) is 22.3 Å². The van der Waals surface area contributed by atoms with Crippen LogP contribution in [0.5, 0.6) is 5.75 Å². The maximum atomic E-state index is 13.2. The van der Waals surface area contributed by atoms with Crippen LogP contribution in [0.3, 0.4) is 0 Å². The maximum Gasteiger partial charge on any atom is 0.253 e. The minimum absolute atomic E-state index is 0.0961. The van der Waals surface area contributed by atoms with Crippen molar-refractivity contribution in [1.82, 2.24) is 14.8 Å². The van der Waals surface area contributed by atoms with Crippen LogP contribution in [0.25, 0.3) is 10.9 Å². The Morgan fingerprint density at radius 3 is 2.56 bits per heavy atom. The van der Waals surface area contributed by atoms with Crippen molar-refractivity contribution in [3.8, 4) is 5.75 Å². The number of benzene rings is 3. The van der Waals surface area contributed by atoms with Gasteiger partial charge in [0.1, 0.15) is 5.75 Å². The second-order valence-electron chi connectivity index (χ2n) is 8.88. The van der Waals surface area contributed by atoms with Crippen LogP contribution in [0.4, 0.5) is 5.69 Å². The topological polar surface area (TPSA) is 57.7 Å². The molecule has 1 saturated heterocycles. The molecule has 1 aliphatic rings. The lowest BCUT2D eigenvalue weighted by atomic mass is 10.2. The lowest BCUT2D eigenvalue weighted by Crippen LogP contribution is -2.35. The van der Waals surface area contributed by atoms with Crippen LogP contribution < -0.4 is 9.46 Å². The number of nitrogens with one attached hydrogen (secondary N) is 1. The van der Waals surface area contributed by atoms with E-state index in [4.69, 9.17) is 4.74 Å². The molecule has 1 aromatic heterocycles. The summed E-state index contributed by atoms with van der Waals surface area (Å²) in [4.78, 5) is 23.2. The highest BCUT2D eigenvalue weighted by atomic mass is 32.2. The lowest BCUT2D eigenvalue weighted by Gasteiger charge is -2.22. The molecular weight excluding hydrogens is 468 g/mol. The monoisotopic (exact) mass is 498 g/mol. The minimum Gasteiger partial charge on any atom is -0.497 e. The minimum atomic E-state index is 0.0961. The number of hydrogen-bond acceptors (Lipinski definition) is 6. The van der Waals surface area contributed by atoms with Crippen LogP contribution in [0.2, 0.25) is 0 Å². The fourth-order valence-electron chi connectivity index (χ4n) is 4.46. The Morgan fingerprint density at radius 1 is 0.944 bits per heavy atom. The number of rotatable bonds is 7. The van der Waals surface area contributed by atoms with Crippen molar-refractivity contribution in [2.24, 2.45) is 0 Å². The van der Waals surface area contributed by atoms with Gasteiger partial charge in [0.2, 0.25) is 0 Å². The summed E-state index contributed by atoms with van der Waals surface area (Å²) in [6.07, 6.45) is 2.78. The molecule has 6 nitrogen and oxygen atoms in total. The van der Waals surface area contributed by atoms with Gasteiger partial charge in [-0.05, 0) is 72.5 Å². The Balaban J connectivity index is 1.16. The normalized spacial score (nSPS) is 14.4. The van der Waals surface area contributed by atoms with Gasteiger partial charge >= 0.3 is 0 Å². The largest absolute Gasteiger partial charge is 0.497 e. The van der Waals surface area contributed by atoms with Crippen molar-refractivity contribution < 1.29 is 9.53 Å². The standard InChI is InChI=1S/C29H30N4O2S/c1-35-26-14-8-22(9-15-26)21-32-17-4-18-33(20-19-32)29(34)24-10-12-25(13-11-24)31-36-27-7-2-5-23-6-3-16-30-28(23)27/h2-3,5-16,31H,4,17-21H2,1H3. The summed E-state index contributed by atoms with van der Waals surface area (Å²) >= 11 is 1.53. The first-order chi connectivity index (χ1) is 17.7. The number of amides is 1. The summed E-state index contributed by atoms with van der Waals surface area (Å²) in [7, 11) is 1.68. The Labute approximate surface area is 216 Å². The van der Waals surface area contributed by atoms with E-state index in [1.165, 1.54) is 17.5 Å². The molecule has 5 rings (SSSR count). The molecule has 4 aromatic rings. The second-order valence-corrected chi connectivity index (χ2v) is 9.73. The molecule has 0 atom stereocenters. The molecule has 0 bridgehead atoms. The molecule has 0 spiro atoms. The number of aromatic nitrogens is 1. The van der Waals surface area contributed by atoms with Crippen molar-refractivity contribution in [2.75, 3.05) is 38.0 Å². The predicted molar refractivity (Wildman–Crippen MR) is 146 cm³/mol. The fourth-order valence-corrected chi connectivity index (χ4v) is 5.23. The summed E-state index contributed by atoms with van der Waals surface area (Å²) in [5.74, 6) is 0.968. The number of para-hydroxylation sites is 1. The number of carbonyl (C=O) groups is 1. The molecular formula is C29H30N4O2S. The Morgan fingerprint density at radius 2 is 1.75 bits per heavy atom. The average molecular weight is 499 g/mol. The van der Waals surface area contributed by atoms with Crippen LogP contribution >= 0.6 is 11.9 Å². The maximum absolute atomic E-state index is 13.2. The summed E-state index contributed by atoms with van der Waals surface area (Å²) in [5.41, 5.74) is 3.91. The third-order valence-electron chi connectivity index (χ3n) is 6.45. The zero-order chi connectivity index (χ0) is 24.7. The third kappa shape index (κ3) is 5.80. The van der Waals surface area contributed by atoms with E-state index < -0.39 is 0 Å². The first-order valence-corrected chi connectivity index (χ1v) is 13.0. The molecule has 0 radical (unpaired) electrons. The molecule has 1 fully saturated rings. The fraction of sp³-hybridized carbons (Fsp3) is 0.241. The highest BCUT2D eigenvalue weighted by Crippen LogP contribution is 2.27. The summed E-state index contributed by atoms with van der Waals surface area (Å²) in [5, 5.41) is 1.12. The number of fused-ring (bicyclic) bond motifs is 1. The second kappa shape index (κ2) is 11.5. The van der Waals surface area contributed by atoms with Gasteiger partial charge in [-0.1, -0.05) is 30.3 Å². The number of methoxy groups -OCH3 is 1. The van der Waals surface area contributed by atoms with Gasteiger partial charge in [0.15, 0.2) is 0 Å². The zero-order valence-corrected chi connectivity index (χ0v) is 21.2. The summed E-state index contributed by atoms with van der Waals surface area (Å²) in [6, 6.07) is 26.1. The number of nitrogens with zero attached hydrogens (tertiary/aromatic N) is 3. The van der Waals surface area contributed by atoms with Crippen molar-refractivity contribution in [1.29, 1.82) is 0 Å². The van der Waals surface area contributed by atoms with Crippen molar-refractivity contribution in [2.45, 2.75) is 17.9 Å². The zero-order valence-electron chi connectivity index (χ0n) is 20.4. The Hall–Kier alpha value is -3.55. The first-order valence-electron chi connectivity index (χ1n) is 12.2. The quantitative estimate of drug-likeness (QED) is 0.329. The van der Waals surface area contributed by atoms with E-state index >= 15 is 0 Å². The molecule has 0 aliphatic carbocycles. The molecule has 1 amide bonds. The molecule has 1 N–H and O–H groups in total. The van der Waals surface area contributed by atoms with E-state index in [1.54, 1.807) is 7.11 Å². The van der Waals surface area contributed by atoms with Crippen LogP contribution in [0.15, 0.2) is 90.0 Å².